The number of anilines is 3. The van der Waals surface area contributed by atoms with Crippen LogP contribution >= 0.6 is 11.6 Å². The lowest BCUT2D eigenvalue weighted by atomic mass is 10.2. The van der Waals surface area contributed by atoms with E-state index in [-0.39, 0.29) is 11.5 Å². The number of benzene rings is 2. The van der Waals surface area contributed by atoms with Gasteiger partial charge in [0.25, 0.3) is 5.91 Å². The number of hydrogen-bond acceptors (Lipinski definition) is 4. The minimum absolute atomic E-state index is 0.237. The van der Waals surface area contributed by atoms with Gasteiger partial charge < -0.3 is 11.1 Å². The van der Waals surface area contributed by atoms with Gasteiger partial charge in [-0.1, -0.05) is 23.7 Å². The summed E-state index contributed by atoms with van der Waals surface area (Å²) >= 11 is 6.04. The van der Waals surface area contributed by atoms with Crippen LogP contribution in [0.2, 0.25) is 5.02 Å². The lowest BCUT2D eigenvalue weighted by molar-refractivity contribution is -0.116. The minimum atomic E-state index is -0.650. The van der Waals surface area contributed by atoms with Crippen molar-refractivity contribution >= 4 is 40.5 Å². The molecule has 0 saturated heterocycles. The van der Waals surface area contributed by atoms with Gasteiger partial charge in [0.2, 0.25) is 5.91 Å². The highest BCUT2D eigenvalue weighted by molar-refractivity contribution is 6.31. The van der Waals surface area contributed by atoms with Gasteiger partial charge in [0.1, 0.15) is 11.6 Å². The number of nitriles is 1. The van der Waals surface area contributed by atoms with Crippen molar-refractivity contribution in [2.45, 2.75) is 13.8 Å². The van der Waals surface area contributed by atoms with Crippen molar-refractivity contribution in [1.29, 1.82) is 5.26 Å². The number of amides is 2. The van der Waals surface area contributed by atoms with Crippen molar-refractivity contribution in [3.63, 3.8) is 0 Å². The number of aryl methyl sites for hydroxylation is 1. The molecule has 26 heavy (non-hydrogen) atoms. The van der Waals surface area contributed by atoms with E-state index in [1.807, 2.05) is 13.0 Å². The van der Waals surface area contributed by atoms with Crippen molar-refractivity contribution in [3.05, 3.63) is 64.8 Å². The van der Waals surface area contributed by atoms with Gasteiger partial charge in [0, 0.05) is 29.5 Å². The summed E-state index contributed by atoms with van der Waals surface area (Å²) in [6.45, 7) is 3.16. The van der Waals surface area contributed by atoms with Gasteiger partial charge >= 0.3 is 0 Å². The Morgan fingerprint density at radius 2 is 2.00 bits per heavy atom. The number of hydrogen-bond donors (Lipinski definition) is 2. The predicted molar refractivity (Wildman–Crippen MR) is 103 cm³/mol. The molecule has 2 amide bonds. The van der Waals surface area contributed by atoms with E-state index >= 15 is 0 Å². The molecule has 0 unspecified atom stereocenters. The smallest absolute Gasteiger partial charge is 0.267 e. The molecule has 0 radical (unpaired) electrons. The Morgan fingerprint density at radius 1 is 1.27 bits per heavy atom. The maximum Gasteiger partial charge on any atom is 0.267 e. The minimum Gasteiger partial charge on any atom is -0.399 e. The first kappa shape index (κ1) is 19.0. The third-order valence-corrected chi connectivity index (χ3v) is 3.95. The number of nitrogens with one attached hydrogen (secondary N) is 1. The predicted octanol–water partition coefficient (Wildman–Crippen LogP) is 3.63. The zero-order chi connectivity index (χ0) is 19.3. The molecule has 7 heteroatoms. The molecule has 6 nitrogen and oxygen atoms in total. The van der Waals surface area contributed by atoms with Crippen LogP contribution in [0, 0.1) is 18.3 Å². The first-order valence-corrected chi connectivity index (χ1v) is 8.04. The van der Waals surface area contributed by atoms with Crippen molar-refractivity contribution in [2.24, 2.45) is 0 Å². The average molecular weight is 369 g/mol. The van der Waals surface area contributed by atoms with Crippen LogP contribution in [0.5, 0.6) is 0 Å². The van der Waals surface area contributed by atoms with E-state index < -0.39 is 5.91 Å². The number of halogens is 1. The monoisotopic (exact) mass is 368 g/mol. The molecule has 2 aromatic rings. The molecule has 0 spiro atoms. The van der Waals surface area contributed by atoms with Crippen LogP contribution in [0.1, 0.15) is 12.5 Å². The van der Waals surface area contributed by atoms with E-state index in [1.54, 1.807) is 42.5 Å². The zero-order valence-electron chi connectivity index (χ0n) is 14.3. The maximum absolute atomic E-state index is 12.4. The number of rotatable bonds is 4. The highest BCUT2D eigenvalue weighted by Crippen LogP contribution is 2.22. The largest absolute Gasteiger partial charge is 0.399 e. The molecule has 3 N–H and O–H groups in total. The molecule has 0 aliphatic rings. The van der Waals surface area contributed by atoms with E-state index in [0.717, 1.165) is 5.56 Å². The van der Waals surface area contributed by atoms with E-state index in [4.69, 9.17) is 17.3 Å². The number of nitrogens with zero attached hydrogens (tertiary/aromatic N) is 2. The number of nitrogen functional groups attached to an aromatic ring is 1. The lowest BCUT2D eigenvalue weighted by Gasteiger charge is -2.17. The molecule has 0 aliphatic carbocycles. The van der Waals surface area contributed by atoms with Crippen LogP contribution in [0.25, 0.3) is 0 Å². The fraction of sp³-hybridized carbons (Fsp3) is 0.105. The third kappa shape index (κ3) is 4.62. The normalized spacial score (nSPS) is 10.8. The van der Waals surface area contributed by atoms with Gasteiger partial charge in [-0.05, 0) is 42.8 Å². The van der Waals surface area contributed by atoms with Crippen LogP contribution in [0.4, 0.5) is 17.1 Å². The fourth-order valence-corrected chi connectivity index (χ4v) is 2.34. The summed E-state index contributed by atoms with van der Waals surface area (Å²) in [6.07, 6.45) is 1.18. The van der Waals surface area contributed by atoms with Crippen LogP contribution in [-0.4, -0.2) is 11.8 Å². The molecule has 0 atom stereocenters. The molecule has 0 heterocycles. The van der Waals surface area contributed by atoms with Gasteiger partial charge in [-0.25, -0.2) is 0 Å². The summed E-state index contributed by atoms with van der Waals surface area (Å²) in [5.74, 6) is -1.02. The first-order valence-electron chi connectivity index (χ1n) is 7.66. The zero-order valence-corrected chi connectivity index (χ0v) is 15.0. The summed E-state index contributed by atoms with van der Waals surface area (Å²) in [4.78, 5) is 25.5. The molecule has 2 aromatic carbocycles. The summed E-state index contributed by atoms with van der Waals surface area (Å²) in [5.41, 5.74) is 7.72. The molecular weight excluding hydrogens is 352 g/mol. The van der Waals surface area contributed by atoms with E-state index in [0.29, 0.717) is 22.1 Å². The van der Waals surface area contributed by atoms with Crippen LogP contribution in [0.3, 0.4) is 0 Å². The van der Waals surface area contributed by atoms with Crippen molar-refractivity contribution < 1.29 is 9.59 Å². The van der Waals surface area contributed by atoms with Gasteiger partial charge in [-0.3, -0.25) is 14.5 Å². The molecule has 0 saturated carbocycles. The molecular formula is C19H17ClN4O2. The Bertz CT molecular complexity index is 931. The Morgan fingerprint density at radius 3 is 2.58 bits per heavy atom. The molecule has 0 aromatic heterocycles. The van der Waals surface area contributed by atoms with Crippen LogP contribution in [-0.2, 0) is 9.59 Å². The van der Waals surface area contributed by atoms with Gasteiger partial charge in [-0.2, -0.15) is 5.26 Å². The Kier molecular flexibility index (Phi) is 5.99. The fourth-order valence-electron chi connectivity index (χ4n) is 2.16. The highest BCUT2D eigenvalue weighted by Gasteiger charge is 2.16. The van der Waals surface area contributed by atoms with Crippen molar-refractivity contribution in [1.82, 2.24) is 0 Å². The Balaban J connectivity index is 2.31. The second-order valence-corrected chi connectivity index (χ2v) is 5.96. The SMILES string of the molecule is CC(=O)N(/C=C(/C#N)C(=O)Nc1ccc(C)c(Cl)c1)c1cccc(N)c1. The standard InChI is InChI=1S/C19H17ClN4O2/c1-12-6-7-16(9-18(12)20)23-19(26)14(10-21)11-24(13(2)25)17-5-3-4-15(22)8-17/h3-9,11H,22H2,1-2H3,(H,23,26)/b14-11-. The van der Waals surface area contributed by atoms with E-state index in [2.05, 4.69) is 5.32 Å². The van der Waals surface area contributed by atoms with E-state index in [9.17, 15) is 14.9 Å². The Hall–Kier alpha value is -3.30. The molecule has 2 rings (SSSR count). The summed E-state index contributed by atoms with van der Waals surface area (Å²) < 4.78 is 0. The molecule has 132 valence electrons. The first-order chi connectivity index (χ1) is 12.3. The van der Waals surface area contributed by atoms with Crippen LogP contribution < -0.4 is 16.0 Å². The number of carbonyl (C=O) groups excluding carboxylic acids is 2. The quantitative estimate of drug-likeness (QED) is 0.489. The van der Waals surface area contributed by atoms with Gasteiger partial charge in [0.15, 0.2) is 0 Å². The lowest BCUT2D eigenvalue weighted by Crippen LogP contribution is -2.25. The molecule has 0 aliphatic heterocycles. The summed E-state index contributed by atoms with van der Waals surface area (Å²) in [6, 6.07) is 13.4. The topological polar surface area (TPSA) is 99.2 Å². The summed E-state index contributed by atoms with van der Waals surface area (Å²) in [5, 5.41) is 12.4. The van der Waals surface area contributed by atoms with Gasteiger partial charge in [0.05, 0.1) is 5.69 Å². The maximum atomic E-state index is 12.4. The average Bonchev–Trinajstić information content (AvgIpc) is 2.58. The van der Waals surface area contributed by atoms with Crippen molar-refractivity contribution in [2.75, 3.05) is 16.0 Å². The van der Waals surface area contributed by atoms with Gasteiger partial charge in [-0.15, -0.1) is 0 Å². The van der Waals surface area contributed by atoms with Crippen molar-refractivity contribution in [3.8, 4) is 6.07 Å². The Labute approximate surface area is 156 Å². The van der Waals surface area contributed by atoms with E-state index in [1.165, 1.54) is 18.0 Å². The molecule has 0 fully saturated rings. The summed E-state index contributed by atoms with van der Waals surface area (Å²) in [7, 11) is 0. The second-order valence-electron chi connectivity index (χ2n) is 5.56. The van der Waals surface area contributed by atoms with Crippen LogP contribution in [0.15, 0.2) is 54.2 Å². The second kappa shape index (κ2) is 8.19. The highest BCUT2D eigenvalue weighted by atomic mass is 35.5. The third-order valence-electron chi connectivity index (χ3n) is 3.54. The number of carbonyl (C=O) groups is 2. The molecule has 0 bridgehead atoms. The number of nitrogens with two attached hydrogens (primary N) is 1.